The van der Waals surface area contributed by atoms with Crippen LogP contribution < -0.4 is 11.2 Å². The number of hydrogen-bond donors (Lipinski definition) is 3. The van der Waals surface area contributed by atoms with Gasteiger partial charge in [0.05, 0.1) is 23.2 Å². The first kappa shape index (κ1) is 21.9. The number of allylic oxidation sites excluding steroid dienone is 1. The lowest BCUT2D eigenvalue weighted by Gasteiger charge is -2.51. The maximum atomic E-state index is 13.9. The number of carbonyl (C=O) groups is 1. The fraction of sp³-hybridized carbons (Fsp3) is 0.320. The molecule has 3 atom stereocenters. The van der Waals surface area contributed by atoms with E-state index in [1.807, 2.05) is 6.92 Å². The molecule has 5 rings (SSSR count). The Bertz CT molecular complexity index is 1460. The van der Waals surface area contributed by atoms with Crippen molar-refractivity contribution in [2.75, 3.05) is 0 Å². The first-order valence-electron chi connectivity index (χ1n) is 11.1. The van der Waals surface area contributed by atoms with Crippen LogP contribution in [0.3, 0.4) is 0 Å². The molecular formula is C25H23FN4O4. The number of aromatic amines is 2. The molecule has 0 spiro atoms. The van der Waals surface area contributed by atoms with Crippen LogP contribution in [0.1, 0.15) is 42.4 Å². The minimum absolute atomic E-state index is 0.114. The number of H-pyrrole nitrogens is 2. The normalized spacial score (nSPS) is 25.1. The summed E-state index contributed by atoms with van der Waals surface area (Å²) in [6.45, 7) is 3.56. The van der Waals surface area contributed by atoms with Crippen LogP contribution in [0.5, 0.6) is 0 Å². The Hall–Kier alpha value is -3.88. The Morgan fingerprint density at radius 3 is 2.59 bits per heavy atom. The summed E-state index contributed by atoms with van der Waals surface area (Å²) in [6.07, 6.45) is 3.51. The van der Waals surface area contributed by atoms with E-state index in [-0.39, 0.29) is 35.1 Å². The molecule has 174 valence electrons. The number of aliphatic hydroxyl groups is 1. The van der Waals surface area contributed by atoms with Gasteiger partial charge in [-0.05, 0) is 49.8 Å². The van der Waals surface area contributed by atoms with Crippen LogP contribution in [0.2, 0.25) is 0 Å². The fourth-order valence-corrected chi connectivity index (χ4v) is 5.80. The van der Waals surface area contributed by atoms with Crippen molar-refractivity contribution in [3.05, 3.63) is 91.6 Å². The summed E-state index contributed by atoms with van der Waals surface area (Å²) in [5.74, 6) is -0.638. The largest absolute Gasteiger partial charge is 0.515 e. The molecule has 1 aromatic carbocycles. The summed E-state index contributed by atoms with van der Waals surface area (Å²) in [4.78, 5) is 51.3. The molecule has 0 saturated heterocycles. The standard InChI is InChI=1S/C25H23FN4O4/c1-12-19-8-7-17-20(18-10-27-24(34)30-23(18)33)28-13(2)29-22(17)25(19,9-14(11-31)21(12)32)15-3-5-16(26)6-4-15/h3-6,10-12,19,31H,7-9H2,1-2H3,(H2,27,30,33,34)/b14-11-/t12-,19-,25+/m0/s1. The minimum atomic E-state index is -0.833. The number of hydrogen-bond acceptors (Lipinski definition) is 6. The van der Waals surface area contributed by atoms with Crippen molar-refractivity contribution in [2.24, 2.45) is 11.8 Å². The molecule has 2 aromatic heterocycles. The average molecular weight is 462 g/mol. The van der Waals surface area contributed by atoms with E-state index in [0.29, 0.717) is 30.1 Å². The van der Waals surface area contributed by atoms with Crippen LogP contribution in [0.4, 0.5) is 4.39 Å². The second-order valence-electron chi connectivity index (χ2n) is 9.04. The number of nitrogens with zero attached hydrogens (tertiary/aromatic N) is 2. The van der Waals surface area contributed by atoms with Crippen molar-refractivity contribution in [3.63, 3.8) is 0 Å². The van der Waals surface area contributed by atoms with E-state index in [4.69, 9.17) is 4.98 Å². The Balaban J connectivity index is 1.85. The summed E-state index contributed by atoms with van der Waals surface area (Å²) in [5.41, 5.74) is 1.06. The third-order valence-electron chi connectivity index (χ3n) is 7.27. The summed E-state index contributed by atoms with van der Waals surface area (Å²) in [7, 11) is 0. The monoisotopic (exact) mass is 462 g/mol. The van der Waals surface area contributed by atoms with Crippen LogP contribution in [0.25, 0.3) is 11.3 Å². The number of halogens is 1. The summed E-state index contributed by atoms with van der Waals surface area (Å²) >= 11 is 0. The van der Waals surface area contributed by atoms with Gasteiger partial charge >= 0.3 is 5.69 Å². The second-order valence-corrected chi connectivity index (χ2v) is 9.04. The van der Waals surface area contributed by atoms with Gasteiger partial charge in [-0.25, -0.2) is 19.2 Å². The lowest BCUT2D eigenvalue weighted by molar-refractivity contribution is -0.123. The van der Waals surface area contributed by atoms with E-state index < -0.39 is 22.6 Å². The SMILES string of the molecule is Cc1nc(-c2c[nH]c(=O)[nH]c2=O)c2c(n1)[C@@]1(c3ccc(F)cc3)C/C(=C/O)C(=O)[C@@H](C)[C@@H]1CC2. The molecule has 1 saturated carbocycles. The maximum Gasteiger partial charge on any atom is 0.325 e. The second kappa shape index (κ2) is 7.86. The number of aliphatic hydroxyl groups excluding tert-OH is 1. The van der Waals surface area contributed by atoms with Crippen LogP contribution in [-0.4, -0.2) is 30.8 Å². The van der Waals surface area contributed by atoms with Crippen molar-refractivity contribution in [1.29, 1.82) is 0 Å². The zero-order valence-electron chi connectivity index (χ0n) is 18.7. The van der Waals surface area contributed by atoms with Crippen LogP contribution in [0, 0.1) is 24.6 Å². The van der Waals surface area contributed by atoms with Crippen LogP contribution in [0.15, 0.2) is 51.9 Å². The molecular weight excluding hydrogens is 439 g/mol. The molecule has 34 heavy (non-hydrogen) atoms. The lowest BCUT2D eigenvalue weighted by Crippen LogP contribution is -2.51. The van der Waals surface area contributed by atoms with Gasteiger partial charge in [-0.1, -0.05) is 19.1 Å². The van der Waals surface area contributed by atoms with E-state index in [1.54, 1.807) is 19.1 Å². The number of aryl methyl sites for hydroxylation is 1. The van der Waals surface area contributed by atoms with Crippen molar-refractivity contribution >= 4 is 5.78 Å². The van der Waals surface area contributed by atoms with Gasteiger partial charge in [-0.15, -0.1) is 0 Å². The van der Waals surface area contributed by atoms with Crippen molar-refractivity contribution in [1.82, 2.24) is 19.9 Å². The third kappa shape index (κ3) is 3.14. The van der Waals surface area contributed by atoms with Gasteiger partial charge in [0.25, 0.3) is 5.56 Å². The summed E-state index contributed by atoms with van der Waals surface area (Å²) in [5, 5.41) is 9.92. The van der Waals surface area contributed by atoms with Gasteiger partial charge in [0.1, 0.15) is 11.6 Å². The molecule has 3 aromatic rings. The highest BCUT2D eigenvalue weighted by Gasteiger charge is 2.55. The summed E-state index contributed by atoms with van der Waals surface area (Å²) in [6, 6.07) is 6.14. The number of nitrogens with one attached hydrogen (secondary N) is 2. The fourth-order valence-electron chi connectivity index (χ4n) is 5.80. The van der Waals surface area contributed by atoms with E-state index in [0.717, 1.165) is 17.4 Å². The molecule has 0 amide bonds. The first-order valence-corrected chi connectivity index (χ1v) is 11.1. The molecule has 0 unspecified atom stereocenters. The smallest absolute Gasteiger partial charge is 0.325 e. The molecule has 1 fully saturated rings. The molecule has 2 aliphatic rings. The Labute approximate surface area is 193 Å². The van der Waals surface area contributed by atoms with E-state index in [2.05, 4.69) is 15.0 Å². The number of rotatable bonds is 2. The van der Waals surface area contributed by atoms with E-state index >= 15 is 0 Å². The Morgan fingerprint density at radius 2 is 1.91 bits per heavy atom. The number of ketones is 1. The van der Waals surface area contributed by atoms with Gasteiger partial charge in [0.15, 0.2) is 5.78 Å². The minimum Gasteiger partial charge on any atom is -0.515 e. The molecule has 2 aliphatic carbocycles. The Kier molecular flexibility index (Phi) is 5.07. The summed E-state index contributed by atoms with van der Waals surface area (Å²) < 4.78 is 13.9. The molecule has 0 aliphatic heterocycles. The van der Waals surface area contributed by atoms with Gasteiger partial charge in [-0.2, -0.15) is 0 Å². The zero-order chi connectivity index (χ0) is 24.2. The van der Waals surface area contributed by atoms with Crippen LogP contribution in [-0.2, 0) is 16.6 Å². The van der Waals surface area contributed by atoms with Crippen molar-refractivity contribution in [3.8, 4) is 11.3 Å². The molecule has 8 nitrogen and oxygen atoms in total. The zero-order valence-corrected chi connectivity index (χ0v) is 18.7. The highest BCUT2D eigenvalue weighted by Crippen LogP contribution is 2.56. The van der Waals surface area contributed by atoms with Gasteiger partial charge in [0, 0.05) is 28.7 Å². The van der Waals surface area contributed by atoms with E-state index in [1.165, 1.54) is 18.3 Å². The van der Waals surface area contributed by atoms with Crippen molar-refractivity contribution in [2.45, 2.75) is 38.5 Å². The number of fused-ring (bicyclic) bond motifs is 3. The van der Waals surface area contributed by atoms with Gasteiger partial charge in [-0.3, -0.25) is 14.6 Å². The Morgan fingerprint density at radius 1 is 1.18 bits per heavy atom. The lowest BCUT2D eigenvalue weighted by atomic mass is 9.52. The van der Waals surface area contributed by atoms with Crippen LogP contribution >= 0.6 is 0 Å². The number of benzene rings is 1. The molecule has 3 N–H and O–H groups in total. The van der Waals surface area contributed by atoms with Crippen molar-refractivity contribution < 1.29 is 14.3 Å². The number of carbonyl (C=O) groups excluding carboxylic acids is 1. The molecule has 0 radical (unpaired) electrons. The maximum absolute atomic E-state index is 13.9. The highest BCUT2D eigenvalue weighted by atomic mass is 19.1. The van der Waals surface area contributed by atoms with E-state index in [9.17, 15) is 23.9 Å². The molecule has 9 heteroatoms. The quantitative estimate of drug-likeness (QED) is 0.397. The average Bonchev–Trinajstić information content (AvgIpc) is 2.81. The van der Waals surface area contributed by atoms with Gasteiger partial charge < -0.3 is 10.1 Å². The topological polar surface area (TPSA) is 129 Å². The highest BCUT2D eigenvalue weighted by molar-refractivity contribution is 5.98. The number of aromatic nitrogens is 4. The molecule has 0 bridgehead atoms. The van der Waals surface area contributed by atoms with Gasteiger partial charge in [0.2, 0.25) is 0 Å². The predicted molar refractivity (Wildman–Crippen MR) is 122 cm³/mol. The predicted octanol–water partition coefficient (Wildman–Crippen LogP) is 2.87. The first-order chi connectivity index (χ1) is 16.3. The molecule has 2 heterocycles. The third-order valence-corrected chi connectivity index (χ3v) is 7.27. The number of Topliss-reactive ketones (excluding diaryl/α,β-unsaturated/α-hetero) is 1.